The summed E-state index contributed by atoms with van der Waals surface area (Å²) in [6, 6.07) is 6.57. The van der Waals surface area contributed by atoms with Crippen LogP contribution in [0.2, 0.25) is 0 Å². The van der Waals surface area contributed by atoms with Crippen molar-refractivity contribution in [2.45, 2.75) is 39.3 Å². The number of piperidine rings is 1. The summed E-state index contributed by atoms with van der Waals surface area (Å²) in [5.41, 5.74) is 2.10. The topological polar surface area (TPSA) is 32.7 Å². The van der Waals surface area contributed by atoms with Crippen molar-refractivity contribution in [2.24, 2.45) is 5.92 Å². The van der Waals surface area contributed by atoms with Crippen molar-refractivity contribution in [3.05, 3.63) is 29.3 Å². The Kier molecular flexibility index (Phi) is 5.67. The first-order valence-corrected chi connectivity index (χ1v) is 7.66. The lowest BCUT2D eigenvalue weighted by atomic mass is 9.91. The van der Waals surface area contributed by atoms with Crippen LogP contribution in [0.15, 0.2) is 18.2 Å². The molecule has 1 aliphatic rings. The molecular formula is C18H25NO2. The zero-order valence-electron chi connectivity index (χ0n) is 13.2. The van der Waals surface area contributed by atoms with Crippen LogP contribution < -0.4 is 4.74 Å². The standard InChI is InChI=1S/C18H25NO2/c1-14-6-4-10-19(15(14)2)13-17-12-16(7-5-11-20)8-9-18(17)21-3/h8-9,12,14-15,20H,4,6,10-11,13H2,1-3H3. The lowest BCUT2D eigenvalue weighted by Gasteiger charge is -2.38. The molecule has 114 valence electrons. The highest BCUT2D eigenvalue weighted by Crippen LogP contribution is 2.28. The first-order chi connectivity index (χ1) is 10.2. The average Bonchev–Trinajstić information content (AvgIpc) is 2.50. The maximum absolute atomic E-state index is 8.82. The number of nitrogens with zero attached hydrogens (tertiary/aromatic N) is 1. The fourth-order valence-electron chi connectivity index (χ4n) is 2.98. The van der Waals surface area contributed by atoms with Gasteiger partial charge in [0, 0.05) is 23.7 Å². The van der Waals surface area contributed by atoms with Gasteiger partial charge in [-0.25, -0.2) is 0 Å². The molecule has 1 saturated heterocycles. The Bertz CT molecular complexity index is 530. The SMILES string of the molecule is COc1ccc(C#CCO)cc1CN1CCCC(C)C1C. The van der Waals surface area contributed by atoms with Gasteiger partial charge in [0.15, 0.2) is 0 Å². The molecular weight excluding hydrogens is 262 g/mol. The first-order valence-electron chi connectivity index (χ1n) is 7.66. The normalized spacial score (nSPS) is 22.5. The molecule has 1 fully saturated rings. The van der Waals surface area contributed by atoms with Gasteiger partial charge in [-0.3, -0.25) is 4.90 Å². The van der Waals surface area contributed by atoms with E-state index in [1.54, 1.807) is 7.11 Å². The van der Waals surface area contributed by atoms with E-state index in [0.717, 1.165) is 30.3 Å². The van der Waals surface area contributed by atoms with E-state index < -0.39 is 0 Å². The van der Waals surface area contributed by atoms with E-state index in [-0.39, 0.29) is 6.61 Å². The monoisotopic (exact) mass is 287 g/mol. The minimum Gasteiger partial charge on any atom is -0.496 e. The van der Waals surface area contributed by atoms with E-state index in [0.29, 0.717) is 6.04 Å². The van der Waals surface area contributed by atoms with Crippen LogP contribution in [0, 0.1) is 17.8 Å². The molecule has 1 N–H and O–H groups in total. The highest BCUT2D eigenvalue weighted by atomic mass is 16.5. The van der Waals surface area contributed by atoms with Crippen LogP contribution in [0.5, 0.6) is 5.75 Å². The van der Waals surface area contributed by atoms with Gasteiger partial charge in [-0.2, -0.15) is 0 Å². The van der Waals surface area contributed by atoms with Crippen LogP contribution in [0.25, 0.3) is 0 Å². The molecule has 0 saturated carbocycles. The van der Waals surface area contributed by atoms with Gasteiger partial charge < -0.3 is 9.84 Å². The second-order valence-corrected chi connectivity index (χ2v) is 5.82. The molecule has 0 amide bonds. The Balaban J connectivity index is 2.20. The predicted molar refractivity (Wildman–Crippen MR) is 85.2 cm³/mol. The molecule has 3 nitrogen and oxygen atoms in total. The fourth-order valence-corrected chi connectivity index (χ4v) is 2.98. The van der Waals surface area contributed by atoms with E-state index in [2.05, 4.69) is 36.7 Å². The van der Waals surface area contributed by atoms with Gasteiger partial charge in [0.05, 0.1) is 7.11 Å². The van der Waals surface area contributed by atoms with Gasteiger partial charge in [0.2, 0.25) is 0 Å². The third-order valence-corrected chi connectivity index (χ3v) is 4.47. The molecule has 1 heterocycles. The second-order valence-electron chi connectivity index (χ2n) is 5.82. The zero-order chi connectivity index (χ0) is 15.2. The summed E-state index contributed by atoms with van der Waals surface area (Å²) in [4.78, 5) is 2.52. The van der Waals surface area contributed by atoms with E-state index in [1.807, 2.05) is 12.1 Å². The van der Waals surface area contributed by atoms with Gasteiger partial charge in [-0.1, -0.05) is 18.8 Å². The van der Waals surface area contributed by atoms with Crippen LogP contribution >= 0.6 is 0 Å². The van der Waals surface area contributed by atoms with Gasteiger partial charge >= 0.3 is 0 Å². The van der Waals surface area contributed by atoms with E-state index in [9.17, 15) is 0 Å². The van der Waals surface area contributed by atoms with Crippen LogP contribution in [-0.2, 0) is 6.54 Å². The third-order valence-electron chi connectivity index (χ3n) is 4.47. The van der Waals surface area contributed by atoms with Crippen molar-refractivity contribution in [3.8, 4) is 17.6 Å². The van der Waals surface area contributed by atoms with Crippen molar-refractivity contribution < 1.29 is 9.84 Å². The maximum Gasteiger partial charge on any atom is 0.123 e. The molecule has 2 rings (SSSR count). The number of aliphatic hydroxyl groups excluding tert-OH is 1. The van der Waals surface area contributed by atoms with E-state index in [4.69, 9.17) is 9.84 Å². The van der Waals surface area contributed by atoms with Crippen molar-refractivity contribution in [1.29, 1.82) is 0 Å². The van der Waals surface area contributed by atoms with Crippen molar-refractivity contribution >= 4 is 0 Å². The molecule has 2 unspecified atom stereocenters. The van der Waals surface area contributed by atoms with Crippen molar-refractivity contribution in [1.82, 2.24) is 4.90 Å². The molecule has 3 heteroatoms. The van der Waals surface area contributed by atoms with Gasteiger partial charge in [-0.05, 0) is 50.4 Å². The molecule has 1 aliphatic heterocycles. The molecule has 0 aliphatic carbocycles. The van der Waals surface area contributed by atoms with Crippen molar-refractivity contribution in [2.75, 3.05) is 20.3 Å². The molecule has 1 aromatic rings. The predicted octanol–water partition coefficient (Wildman–Crippen LogP) is 2.66. The number of aliphatic hydroxyl groups is 1. The largest absolute Gasteiger partial charge is 0.496 e. The number of ether oxygens (including phenoxy) is 1. The average molecular weight is 287 g/mol. The third kappa shape index (κ3) is 4.00. The van der Waals surface area contributed by atoms with Crippen molar-refractivity contribution in [3.63, 3.8) is 0 Å². The lowest BCUT2D eigenvalue weighted by molar-refractivity contribution is 0.105. The fraction of sp³-hybridized carbons (Fsp3) is 0.556. The molecule has 0 aromatic heterocycles. The summed E-state index contributed by atoms with van der Waals surface area (Å²) >= 11 is 0. The van der Waals surface area contributed by atoms with Gasteiger partial charge in [0.25, 0.3) is 0 Å². The summed E-state index contributed by atoms with van der Waals surface area (Å²) < 4.78 is 5.48. The van der Waals surface area contributed by atoms with Crippen LogP contribution in [0.3, 0.4) is 0 Å². The number of benzene rings is 1. The van der Waals surface area contributed by atoms with E-state index in [1.165, 1.54) is 18.4 Å². The molecule has 0 bridgehead atoms. The summed E-state index contributed by atoms with van der Waals surface area (Å²) in [5.74, 6) is 7.32. The van der Waals surface area contributed by atoms with Gasteiger partial charge in [0.1, 0.15) is 12.4 Å². The summed E-state index contributed by atoms with van der Waals surface area (Å²) in [6.07, 6.45) is 2.58. The van der Waals surface area contributed by atoms with Crippen LogP contribution in [0.1, 0.15) is 37.8 Å². The second kappa shape index (κ2) is 7.49. The number of rotatable bonds is 3. The Morgan fingerprint density at radius 3 is 2.90 bits per heavy atom. The molecule has 0 radical (unpaired) electrons. The molecule has 21 heavy (non-hydrogen) atoms. The lowest BCUT2D eigenvalue weighted by Crippen LogP contribution is -2.41. The molecule has 1 aromatic carbocycles. The number of hydrogen-bond donors (Lipinski definition) is 1. The Morgan fingerprint density at radius 2 is 2.19 bits per heavy atom. The van der Waals surface area contributed by atoms with Crippen LogP contribution in [0.4, 0.5) is 0 Å². The highest BCUT2D eigenvalue weighted by molar-refractivity contribution is 5.44. The zero-order valence-corrected chi connectivity index (χ0v) is 13.2. The minimum atomic E-state index is -0.109. The minimum absolute atomic E-state index is 0.109. The maximum atomic E-state index is 8.82. The number of hydrogen-bond acceptors (Lipinski definition) is 3. The smallest absolute Gasteiger partial charge is 0.123 e. The molecule has 2 atom stereocenters. The molecule has 0 spiro atoms. The summed E-state index contributed by atoms with van der Waals surface area (Å²) in [6.45, 7) is 6.56. The van der Waals surface area contributed by atoms with Gasteiger partial charge in [-0.15, -0.1) is 0 Å². The summed E-state index contributed by atoms with van der Waals surface area (Å²) in [5, 5.41) is 8.82. The first kappa shape index (κ1) is 15.9. The number of likely N-dealkylation sites (tertiary alicyclic amines) is 1. The Labute approximate surface area is 127 Å². The van der Waals surface area contributed by atoms with Crippen LogP contribution in [-0.4, -0.2) is 36.3 Å². The number of methoxy groups -OCH3 is 1. The quantitative estimate of drug-likeness (QED) is 0.868. The van der Waals surface area contributed by atoms with E-state index >= 15 is 0 Å². The Morgan fingerprint density at radius 1 is 1.38 bits per heavy atom. The Hall–Kier alpha value is -1.50. The summed E-state index contributed by atoms with van der Waals surface area (Å²) in [7, 11) is 1.71. The highest BCUT2D eigenvalue weighted by Gasteiger charge is 2.25.